The number of hydrogen-bond acceptors (Lipinski definition) is 4. The van der Waals surface area contributed by atoms with Crippen molar-refractivity contribution in [1.82, 2.24) is 4.90 Å². The molecule has 16 heavy (non-hydrogen) atoms. The third-order valence-electron chi connectivity index (χ3n) is 3.33. The summed E-state index contributed by atoms with van der Waals surface area (Å²) in [7, 11) is 0. The highest BCUT2D eigenvalue weighted by Crippen LogP contribution is 2.23. The van der Waals surface area contributed by atoms with Crippen molar-refractivity contribution in [2.24, 2.45) is 11.1 Å². The topological polar surface area (TPSA) is 58.7 Å². The summed E-state index contributed by atoms with van der Waals surface area (Å²) < 4.78 is 5.42. The third-order valence-corrected chi connectivity index (χ3v) is 3.33. The van der Waals surface area contributed by atoms with Gasteiger partial charge in [0.1, 0.15) is 0 Å². The van der Waals surface area contributed by atoms with E-state index in [-0.39, 0.29) is 24.1 Å². The third kappa shape index (κ3) is 3.70. The summed E-state index contributed by atoms with van der Waals surface area (Å²) in [6, 6.07) is 0.0253. The number of nitrogens with zero attached hydrogens (tertiary/aromatic N) is 1. The Bertz CT molecular complexity index is 196. The molecule has 0 aromatic rings. The predicted molar refractivity (Wildman–Crippen MR) is 65.3 cm³/mol. The quantitative estimate of drug-likeness (QED) is 0.739. The van der Waals surface area contributed by atoms with Crippen LogP contribution in [0.25, 0.3) is 0 Å². The van der Waals surface area contributed by atoms with Gasteiger partial charge in [0.2, 0.25) is 0 Å². The van der Waals surface area contributed by atoms with Gasteiger partial charge in [-0.1, -0.05) is 20.8 Å². The zero-order valence-corrected chi connectivity index (χ0v) is 10.8. The Morgan fingerprint density at radius 1 is 1.31 bits per heavy atom. The van der Waals surface area contributed by atoms with Crippen LogP contribution < -0.4 is 5.73 Å². The summed E-state index contributed by atoms with van der Waals surface area (Å²) >= 11 is 0. The van der Waals surface area contributed by atoms with Gasteiger partial charge in [-0.15, -0.1) is 0 Å². The van der Waals surface area contributed by atoms with Crippen molar-refractivity contribution < 1.29 is 9.84 Å². The van der Waals surface area contributed by atoms with Crippen molar-refractivity contribution in [3.05, 3.63) is 0 Å². The molecule has 0 radical (unpaired) electrons. The van der Waals surface area contributed by atoms with Gasteiger partial charge in [-0.05, 0) is 11.8 Å². The molecule has 1 fully saturated rings. The molecule has 4 heteroatoms. The first-order chi connectivity index (χ1) is 7.46. The van der Waals surface area contributed by atoms with Crippen LogP contribution in [0.2, 0.25) is 0 Å². The maximum Gasteiger partial charge on any atom is 0.0602 e. The minimum atomic E-state index is -0.0180. The Hall–Kier alpha value is -0.160. The molecule has 1 aliphatic heterocycles. The van der Waals surface area contributed by atoms with Gasteiger partial charge in [-0.25, -0.2) is 0 Å². The van der Waals surface area contributed by atoms with Gasteiger partial charge >= 0.3 is 0 Å². The number of nitrogens with two attached hydrogens (primary N) is 1. The largest absolute Gasteiger partial charge is 0.395 e. The Morgan fingerprint density at radius 3 is 2.56 bits per heavy atom. The first kappa shape index (κ1) is 13.9. The maximum atomic E-state index is 9.54. The van der Waals surface area contributed by atoms with Crippen molar-refractivity contribution >= 4 is 0 Å². The molecule has 0 aromatic carbocycles. The summed E-state index contributed by atoms with van der Waals surface area (Å²) in [5, 5.41) is 9.54. The average Bonchev–Trinajstić information content (AvgIpc) is 2.46. The van der Waals surface area contributed by atoms with Crippen LogP contribution in [0.15, 0.2) is 0 Å². The van der Waals surface area contributed by atoms with Crippen molar-refractivity contribution in [2.75, 3.05) is 32.9 Å². The Labute approximate surface area is 98.8 Å². The van der Waals surface area contributed by atoms with Crippen LogP contribution in [-0.2, 0) is 4.74 Å². The standard InChI is InChI=1S/C12H26N2O2/c1-12(2,3)11(13)10(9-15)14-5-4-7-16-8-6-14/h10-11,15H,4-9,13H2,1-3H3. The van der Waals surface area contributed by atoms with Gasteiger partial charge in [0.05, 0.1) is 13.2 Å². The second-order valence-electron chi connectivity index (χ2n) is 5.64. The SMILES string of the molecule is CC(C)(C)C(N)C(CO)N1CCCOCC1. The number of aliphatic hydroxyl groups is 1. The number of aliphatic hydroxyl groups excluding tert-OH is 1. The molecular formula is C12H26N2O2. The van der Waals surface area contributed by atoms with Crippen LogP contribution in [-0.4, -0.2) is 55.0 Å². The van der Waals surface area contributed by atoms with E-state index in [9.17, 15) is 5.11 Å². The van der Waals surface area contributed by atoms with Gasteiger partial charge < -0.3 is 15.6 Å². The van der Waals surface area contributed by atoms with Gasteiger partial charge in [0, 0.05) is 31.8 Å². The highest BCUT2D eigenvalue weighted by molar-refractivity contribution is 4.90. The number of hydrogen-bond donors (Lipinski definition) is 2. The summed E-state index contributed by atoms with van der Waals surface area (Å²) in [5.74, 6) is 0. The van der Waals surface area contributed by atoms with Crippen LogP contribution in [0.5, 0.6) is 0 Å². The van der Waals surface area contributed by atoms with E-state index in [0.717, 1.165) is 32.7 Å². The first-order valence-corrected chi connectivity index (χ1v) is 6.15. The second kappa shape index (κ2) is 5.96. The van der Waals surface area contributed by atoms with E-state index in [0.29, 0.717) is 0 Å². The summed E-state index contributed by atoms with van der Waals surface area (Å²) in [4.78, 5) is 2.27. The maximum absolute atomic E-state index is 9.54. The molecule has 0 saturated carbocycles. The molecule has 2 unspecified atom stereocenters. The highest BCUT2D eigenvalue weighted by Gasteiger charge is 2.32. The molecule has 2 atom stereocenters. The van der Waals surface area contributed by atoms with E-state index in [1.165, 1.54) is 0 Å². The monoisotopic (exact) mass is 230 g/mol. The molecule has 0 aliphatic carbocycles. The Balaban J connectivity index is 2.64. The van der Waals surface area contributed by atoms with Crippen LogP contribution in [0.4, 0.5) is 0 Å². The summed E-state index contributed by atoms with van der Waals surface area (Å²) in [6.07, 6.45) is 1.02. The highest BCUT2D eigenvalue weighted by atomic mass is 16.5. The molecule has 0 aromatic heterocycles. The number of ether oxygens (including phenoxy) is 1. The minimum absolute atomic E-state index is 0.0144. The molecule has 1 saturated heterocycles. The molecule has 0 amide bonds. The lowest BCUT2D eigenvalue weighted by molar-refractivity contribution is 0.0658. The molecule has 0 spiro atoms. The van der Waals surface area contributed by atoms with Crippen molar-refractivity contribution in [3.8, 4) is 0 Å². The van der Waals surface area contributed by atoms with E-state index in [2.05, 4.69) is 25.7 Å². The minimum Gasteiger partial charge on any atom is -0.395 e. The normalized spacial score (nSPS) is 23.8. The molecule has 3 N–H and O–H groups in total. The molecule has 4 nitrogen and oxygen atoms in total. The molecule has 1 heterocycles. The fourth-order valence-corrected chi connectivity index (χ4v) is 2.13. The van der Waals surface area contributed by atoms with Gasteiger partial charge in [-0.2, -0.15) is 0 Å². The van der Waals surface area contributed by atoms with Gasteiger partial charge in [-0.3, -0.25) is 4.90 Å². The van der Waals surface area contributed by atoms with Gasteiger partial charge in [0.25, 0.3) is 0 Å². The fourth-order valence-electron chi connectivity index (χ4n) is 2.13. The smallest absolute Gasteiger partial charge is 0.0602 e. The summed E-state index contributed by atoms with van der Waals surface area (Å²) in [6.45, 7) is 9.88. The lowest BCUT2D eigenvalue weighted by Gasteiger charge is -2.39. The van der Waals surface area contributed by atoms with Gasteiger partial charge in [0.15, 0.2) is 0 Å². The van der Waals surface area contributed by atoms with E-state index in [1.807, 2.05) is 0 Å². The lowest BCUT2D eigenvalue weighted by Crippen LogP contribution is -2.56. The van der Waals surface area contributed by atoms with E-state index in [4.69, 9.17) is 10.5 Å². The van der Waals surface area contributed by atoms with Crippen molar-refractivity contribution in [2.45, 2.75) is 39.3 Å². The zero-order chi connectivity index (χ0) is 12.2. The average molecular weight is 230 g/mol. The first-order valence-electron chi connectivity index (χ1n) is 6.15. The fraction of sp³-hybridized carbons (Fsp3) is 1.00. The van der Waals surface area contributed by atoms with Crippen LogP contribution in [0, 0.1) is 5.41 Å². The van der Waals surface area contributed by atoms with Crippen molar-refractivity contribution in [3.63, 3.8) is 0 Å². The Morgan fingerprint density at radius 2 is 2.00 bits per heavy atom. The lowest BCUT2D eigenvalue weighted by atomic mass is 9.82. The van der Waals surface area contributed by atoms with Crippen molar-refractivity contribution in [1.29, 1.82) is 0 Å². The molecular weight excluding hydrogens is 204 g/mol. The zero-order valence-electron chi connectivity index (χ0n) is 10.8. The Kier molecular flexibility index (Phi) is 5.18. The summed E-state index contributed by atoms with van der Waals surface area (Å²) in [5.41, 5.74) is 6.26. The van der Waals surface area contributed by atoms with E-state index < -0.39 is 0 Å². The van der Waals surface area contributed by atoms with Crippen LogP contribution >= 0.6 is 0 Å². The predicted octanol–water partition coefficient (Wildman–Crippen LogP) is 0.443. The molecule has 1 rings (SSSR count). The second-order valence-corrected chi connectivity index (χ2v) is 5.64. The number of rotatable bonds is 3. The van der Waals surface area contributed by atoms with E-state index >= 15 is 0 Å². The van der Waals surface area contributed by atoms with Crippen LogP contribution in [0.3, 0.4) is 0 Å². The van der Waals surface area contributed by atoms with Crippen LogP contribution in [0.1, 0.15) is 27.2 Å². The molecule has 0 bridgehead atoms. The molecule has 1 aliphatic rings. The molecule has 96 valence electrons. The van der Waals surface area contributed by atoms with E-state index in [1.54, 1.807) is 0 Å².